The minimum absolute atomic E-state index is 0.154. The largest absolute Gasteiger partial charge is 0.481 e. The van der Waals surface area contributed by atoms with Gasteiger partial charge in [-0.3, -0.25) is 4.79 Å². The van der Waals surface area contributed by atoms with E-state index in [9.17, 15) is 9.90 Å². The monoisotopic (exact) mass is 302 g/mol. The van der Waals surface area contributed by atoms with E-state index in [4.69, 9.17) is 5.11 Å². The minimum atomic E-state index is -1.08. The molecule has 0 fully saturated rings. The lowest BCUT2D eigenvalue weighted by atomic mass is 9.91. The third kappa shape index (κ3) is 12.8. The van der Waals surface area contributed by atoms with Gasteiger partial charge < -0.3 is 14.7 Å². The molecule has 0 spiro atoms. The maximum absolute atomic E-state index is 11.0. The molecule has 0 amide bonds. The SMILES string of the molecule is CCCCCCCCCCC(O)(CC(=O)O)C[N+](C)(C)C. The number of unbranched alkanes of at least 4 members (excludes halogenated alkanes) is 7. The molecule has 0 rings (SSSR count). The predicted molar refractivity (Wildman–Crippen MR) is 87.3 cm³/mol. The summed E-state index contributed by atoms with van der Waals surface area (Å²) in [7, 11) is 5.96. The standard InChI is InChI=1S/C17H35NO3/c1-5-6-7-8-9-10-11-12-13-17(21,14-16(19)20)15-18(2,3)4/h21H,5-15H2,1-4H3/p+1. The average molecular weight is 302 g/mol. The van der Waals surface area contributed by atoms with E-state index in [-0.39, 0.29) is 6.42 Å². The lowest BCUT2D eigenvalue weighted by Gasteiger charge is -2.34. The van der Waals surface area contributed by atoms with Crippen LogP contribution in [0.15, 0.2) is 0 Å². The molecule has 0 aliphatic carbocycles. The number of carbonyl (C=O) groups is 1. The Hall–Kier alpha value is -0.610. The molecule has 0 radical (unpaired) electrons. The number of carboxylic acid groups (broad SMARTS) is 1. The number of hydrogen-bond donors (Lipinski definition) is 2. The van der Waals surface area contributed by atoms with Gasteiger partial charge >= 0.3 is 5.97 Å². The first-order chi connectivity index (χ1) is 9.68. The van der Waals surface area contributed by atoms with E-state index in [0.717, 1.165) is 12.8 Å². The van der Waals surface area contributed by atoms with Crippen LogP contribution in [0.1, 0.15) is 71.1 Å². The average Bonchev–Trinajstić information content (AvgIpc) is 2.29. The molecule has 0 saturated carbocycles. The van der Waals surface area contributed by atoms with Crippen molar-refractivity contribution in [2.45, 2.75) is 76.7 Å². The van der Waals surface area contributed by atoms with E-state index in [2.05, 4.69) is 6.92 Å². The van der Waals surface area contributed by atoms with E-state index in [0.29, 0.717) is 17.4 Å². The van der Waals surface area contributed by atoms with E-state index in [1.54, 1.807) is 0 Å². The molecular formula is C17H36NO3+. The molecule has 0 aromatic rings. The van der Waals surface area contributed by atoms with Crippen LogP contribution in [0.2, 0.25) is 0 Å². The Labute approximate surface area is 130 Å². The molecule has 0 aromatic heterocycles. The molecule has 0 bridgehead atoms. The number of rotatable bonds is 13. The summed E-state index contributed by atoms with van der Waals surface area (Å²) in [6.07, 6.45) is 10.1. The third-order valence-corrected chi connectivity index (χ3v) is 3.74. The van der Waals surface area contributed by atoms with E-state index in [1.807, 2.05) is 21.1 Å². The molecule has 2 N–H and O–H groups in total. The lowest BCUT2D eigenvalue weighted by molar-refractivity contribution is -0.877. The van der Waals surface area contributed by atoms with Gasteiger partial charge in [0, 0.05) is 0 Å². The summed E-state index contributed by atoms with van der Waals surface area (Å²) in [6.45, 7) is 2.70. The second kappa shape index (κ2) is 10.2. The van der Waals surface area contributed by atoms with Crippen LogP contribution in [-0.4, -0.2) is 54.0 Å². The fourth-order valence-corrected chi connectivity index (χ4v) is 2.98. The molecule has 1 atom stereocenters. The summed E-state index contributed by atoms with van der Waals surface area (Å²) in [5.41, 5.74) is -1.08. The van der Waals surface area contributed by atoms with Gasteiger partial charge in [0.05, 0.1) is 27.6 Å². The molecule has 0 aliphatic heterocycles. The minimum Gasteiger partial charge on any atom is -0.481 e. The number of likely N-dealkylation sites (N-methyl/N-ethyl adjacent to an activating group) is 1. The van der Waals surface area contributed by atoms with Gasteiger partial charge in [-0.05, 0) is 6.42 Å². The molecule has 0 heterocycles. The zero-order valence-electron chi connectivity index (χ0n) is 14.5. The smallest absolute Gasteiger partial charge is 0.306 e. The highest BCUT2D eigenvalue weighted by molar-refractivity contribution is 5.68. The van der Waals surface area contributed by atoms with Gasteiger partial charge in [-0.2, -0.15) is 0 Å². The number of nitrogens with zero attached hydrogens (tertiary/aromatic N) is 1. The summed E-state index contributed by atoms with van der Waals surface area (Å²) in [5, 5.41) is 19.6. The van der Waals surface area contributed by atoms with Crippen molar-refractivity contribution >= 4 is 5.97 Å². The van der Waals surface area contributed by atoms with Crippen molar-refractivity contribution in [3.63, 3.8) is 0 Å². The van der Waals surface area contributed by atoms with E-state index >= 15 is 0 Å². The highest BCUT2D eigenvalue weighted by Crippen LogP contribution is 2.22. The van der Waals surface area contributed by atoms with Gasteiger partial charge in [0.25, 0.3) is 0 Å². The van der Waals surface area contributed by atoms with Crippen molar-refractivity contribution in [1.82, 2.24) is 0 Å². The summed E-state index contributed by atoms with van der Waals surface area (Å²) < 4.78 is 0.584. The first-order valence-electron chi connectivity index (χ1n) is 8.43. The highest BCUT2D eigenvalue weighted by Gasteiger charge is 2.35. The first-order valence-corrected chi connectivity index (χ1v) is 8.43. The van der Waals surface area contributed by atoms with Crippen molar-refractivity contribution < 1.29 is 19.5 Å². The molecule has 126 valence electrons. The zero-order chi connectivity index (χ0) is 16.4. The topological polar surface area (TPSA) is 57.5 Å². The fraction of sp³-hybridized carbons (Fsp3) is 0.941. The Bertz CT molecular complexity index is 286. The molecule has 1 unspecified atom stereocenters. The van der Waals surface area contributed by atoms with Crippen LogP contribution < -0.4 is 0 Å². The number of aliphatic carboxylic acids is 1. The van der Waals surface area contributed by atoms with Crippen molar-refractivity contribution in [1.29, 1.82) is 0 Å². The van der Waals surface area contributed by atoms with Crippen LogP contribution >= 0.6 is 0 Å². The quantitative estimate of drug-likeness (QED) is 0.405. The number of quaternary nitrogens is 1. The summed E-state index contributed by atoms with van der Waals surface area (Å²) >= 11 is 0. The van der Waals surface area contributed by atoms with Crippen molar-refractivity contribution in [2.24, 2.45) is 0 Å². The maximum Gasteiger partial charge on any atom is 0.306 e. The second-order valence-electron chi connectivity index (χ2n) is 7.47. The van der Waals surface area contributed by atoms with Gasteiger partial charge in [-0.1, -0.05) is 58.3 Å². The Morgan fingerprint density at radius 3 is 1.86 bits per heavy atom. The molecule has 0 aliphatic rings. The van der Waals surface area contributed by atoms with Crippen LogP contribution in [0.25, 0.3) is 0 Å². The molecule has 0 saturated heterocycles. The Morgan fingerprint density at radius 1 is 0.952 bits per heavy atom. The summed E-state index contributed by atoms with van der Waals surface area (Å²) in [5.74, 6) is -0.912. The molecular weight excluding hydrogens is 266 g/mol. The fourth-order valence-electron chi connectivity index (χ4n) is 2.98. The van der Waals surface area contributed by atoms with Gasteiger partial charge in [-0.25, -0.2) is 0 Å². The molecule has 4 nitrogen and oxygen atoms in total. The van der Waals surface area contributed by atoms with E-state index in [1.165, 1.54) is 38.5 Å². The van der Waals surface area contributed by atoms with Crippen molar-refractivity contribution in [2.75, 3.05) is 27.7 Å². The summed E-state index contributed by atoms with van der Waals surface area (Å²) in [4.78, 5) is 11.0. The van der Waals surface area contributed by atoms with Crippen molar-refractivity contribution in [3.05, 3.63) is 0 Å². The maximum atomic E-state index is 11.0. The van der Waals surface area contributed by atoms with Gasteiger partial charge in [-0.15, -0.1) is 0 Å². The zero-order valence-corrected chi connectivity index (χ0v) is 14.5. The van der Waals surface area contributed by atoms with E-state index < -0.39 is 11.6 Å². The predicted octanol–water partition coefficient (Wildman–Crippen LogP) is 3.43. The first kappa shape index (κ1) is 20.4. The highest BCUT2D eigenvalue weighted by atomic mass is 16.4. The molecule has 0 aromatic carbocycles. The number of hydrogen-bond acceptors (Lipinski definition) is 2. The third-order valence-electron chi connectivity index (χ3n) is 3.74. The van der Waals surface area contributed by atoms with Crippen LogP contribution in [0.5, 0.6) is 0 Å². The molecule has 4 heteroatoms. The Kier molecular flexibility index (Phi) is 9.88. The Morgan fingerprint density at radius 2 is 1.43 bits per heavy atom. The summed E-state index contributed by atoms with van der Waals surface area (Å²) in [6, 6.07) is 0. The van der Waals surface area contributed by atoms with Gasteiger partial charge in [0.1, 0.15) is 12.1 Å². The second-order valence-corrected chi connectivity index (χ2v) is 7.47. The van der Waals surface area contributed by atoms with Gasteiger partial charge in [0.2, 0.25) is 0 Å². The van der Waals surface area contributed by atoms with Gasteiger partial charge in [0.15, 0.2) is 0 Å². The van der Waals surface area contributed by atoms with Crippen LogP contribution in [0, 0.1) is 0 Å². The van der Waals surface area contributed by atoms with Crippen LogP contribution in [0.4, 0.5) is 0 Å². The van der Waals surface area contributed by atoms with Crippen LogP contribution in [-0.2, 0) is 4.79 Å². The normalized spacial score (nSPS) is 14.9. The Balaban J connectivity index is 3.99. The number of aliphatic hydroxyl groups is 1. The number of carboxylic acids is 1. The van der Waals surface area contributed by atoms with Crippen molar-refractivity contribution in [3.8, 4) is 0 Å². The van der Waals surface area contributed by atoms with Crippen LogP contribution in [0.3, 0.4) is 0 Å². The molecule has 21 heavy (non-hydrogen) atoms. The lowest BCUT2D eigenvalue weighted by Crippen LogP contribution is -2.50.